The summed E-state index contributed by atoms with van der Waals surface area (Å²) >= 11 is 0. The van der Waals surface area contributed by atoms with Gasteiger partial charge in [-0.15, -0.1) is 0 Å². The molecule has 2 aliphatic heterocycles. The van der Waals surface area contributed by atoms with Crippen LogP contribution in [0.1, 0.15) is 41.9 Å². The minimum atomic E-state index is -0.262. The topological polar surface area (TPSA) is 56.6 Å². The second-order valence-electron chi connectivity index (χ2n) is 7.14. The molecular formula is C20H25N3O3. The average molecular weight is 355 g/mol. The quantitative estimate of drug-likeness (QED) is 0.849. The van der Waals surface area contributed by atoms with Gasteiger partial charge in [0.2, 0.25) is 0 Å². The number of nitrogens with zero attached hydrogens (tertiary/aromatic N) is 3. The van der Waals surface area contributed by atoms with E-state index < -0.39 is 0 Å². The highest BCUT2D eigenvalue weighted by molar-refractivity contribution is 5.68. The zero-order valence-corrected chi connectivity index (χ0v) is 15.1. The van der Waals surface area contributed by atoms with E-state index in [1.165, 1.54) is 11.1 Å². The van der Waals surface area contributed by atoms with Gasteiger partial charge in [0.05, 0.1) is 12.3 Å². The van der Waals surface area contributed by atoms with Gasteiger partial charge < -0.3 is 14.4 Å². The van der Waals surface area contributed by atoms with E-state index >= 15 is 0 Å². The Kier molecular flexibility index (Phi) is 4.93. The van der Waals surface area contributed by atoms with E-state index in [1.54, 1.807) is 9.58 Å². The van der Waals surface area contributed by atoms with E-state index in [0.29, 0.717) is 19.7 Å². The summed E-state index contributed by atoms with van der Waals surface area (Å²) in [6, 6.07) is 8.30. The van der Waals surface area contributed by atoms with Crippen molar-refractivity contribution in [2.75, 3.05) is 19.8 Å². The fraction of sp³-hybridized carbons (Fsp3) is 0.500. The number of rotatable bonds is 3. The molecule has 2 aliphatic rings. The Balaban J connectivity index is 1.48. The smallest absolute Gasteiger partial charge is 0.410 e. The van der Waals surface area contributed by atoms with Crippen molar-refractivity contribution in [2.45, 2.75) is 37.8 Å². The summed E-state index contributed by atoms with van der Waals surface area (Å²) in [4.78, 5) is 14.5. The zero-order chi connectivity index (χ0) is 17.9. The Hall–Kier alpha value is -2.34. The van der Waals surface area contributed by atoms with E-state index in [-0.39, 0.29) is 18.1 Å². The van der Waals surface area contributed by atoms with Crippen LogP contribution in [0.25, 0.3) is 0 Å². The minimum absolute atomic E-state index is 0.0406. The lowest BCUT2D eigenvalue weighted by atomic mass is 9.86. The van der Waals surface area contributed by atoms with E-state index in [9.17, 15) is 4.79 Å². The Labute approximate surface area is 153 Å². The highest BCUT2D eigenvalue weighted by atomic mass is 16.6. The number of fused-ring (bicyclic) bond motifs is 1. The number of carbonyl (C=O) groups excluding carboxylic acids is 1. The van der Waals surface area contributed by atoms with Gasteiger partial charge in [0, 0.05) is 38.9 Å². The maximum Gasteiger partial charge on any atom is 0.410 e. The number of benzene rings is 1. The highest BCUT2D eigenvalue weighted by Crippen LogP contribution is 2.33. The van der Waals surface area contributed by atoms with E-state index in [0.717, 1.165) is 31.4 Å². The van der Waals surface area contributed by atoms with Crippen LogP contribution in [0.2, 0.25) is 0 Å². The van der Waals surface area contributed by atoms with E-state index in [2.05, 4.69) is 23.3 Å². The van der Waals surface area contributed by atoms with Gasteiger partial charge in [0.25, 0.3) is 0 Å². The Morgan fingerprint density at radius 1 is 1.35 bits per heavy atom. The second kappa shape index (κ2) is 7.50. The van der Waals surface area contributed by atoms with Crippen LogP contribution in [0.4, 0.5) is 4.79 Å². The van der Waals surface area contributed by atoms with Crippen LogP contribution in [0.5, 0.6) is 0 Å². The van der Waals surface area contributed by atoms with E-state index in [1.807, 2.05) is 25.5 Å². The van der Waals surface area contributed by atoms with Crippen LogP contribution in [0, 0.1) is 0 Å². The van der Waals surface area contributed by atoms with Crippen LogP contribution in [0.3, 0.4) is 0 Å². The third kappa shape index (κ3) is 3.60. The number of hydrogen-bond acceptors (Lipinski definition) is 4. The molecule has 1 aromatic heterocycles. The second-order valence-corrected chi connectivity index (χ2v) is 7.14. The maximum absolute atomic E-state index is 12.7. The van der Waals surface area contributed by atoms with Gasteiger partial charge in [-0.2, -0.15) is 5.10 Å². The molecule has 6 heteroatoms. The first-order valence-corrected chi connectivity index (χ1v) is 9.30. The minimum Gasteiger partial charge on any atom is -0.447 e. The number of hydrogen-bond donors (Lipinski definition) is 0. The lowest BCUT2D eigenvalue weighted by Gasteiger charge is -2.34. The van der Waals surface area contributed by atoms with Crippen LogP contribution in [0.15, 0.2) is 36.7 Å². The number of amides is 1. The molecule has 0 saturated carbocycles. The van der Waals surface area contributed by atoms with Gasteiger partial charge in [0.15, 0.2) is 0 Å². The predicted molar refractivity (Wildman–Crippen MR) is 96.8 cm³/mol. The molecule has 0 spiro atoms. The summed E-state index contributed by atoms with van der Waals surface area (Å²) in [5.74, 6) is 0.118. The summed E-state index contributed by atoms with van der Waals surface area (Å²) in [7, 11) is 1.91. The molecule has 1 amide bonds. The fourth-order valence-corrected chi connectivity index (χ4v) is 3.85. The van der Waals surface area contributed by atoms with Gasteiger partial charge in [-0.05, 0) is 36.0 Å². The maximum atomic E-state index is 12.7. The van der Waals surface area contributed by atoms with Crippen LogP contribution in [-0.4, -0.2) is 46.6 Å². The van der Waals surface area contributed by atoms with Crippen LogP contribution < -0.4 is 0 Å². The molecule has 2 atom stereocenters. The van der Waals surface area contributed by atoms with Gasteiger partial charge >= 0.3 is 6.09 Å². The highest BCUT2D eigenvalue weighted by Gasteiger charge is 2.31. The lowest BCUT2D eigenvalue weighted by Crippen LogP contribution is -2.40. The Bertz CT molecular complexity index is 767. The van der Waals surface area contributed by atoms with Crippen LogP contribution in [-0.2, 0) is 23.1 Å². The first kappa shape index (κ1) is 17.1. The van der Waals surface area contributed by atoms with Crippen molar-refractivity contribution in [1.82, 2.24) is 14.7 Å². The molecule has 138 valence electrons. The molecule has 6 nitrogen and oxygen atoms in total. The van der Waals surface area contributed by atoms with Gasteiger partial charge in [-0.3, -0.25) is 4.68 Å². The Morgan fingerprint density at radius 3 is 3.00 bits per heavy atom. The van der Waals surface area contributed by atoms with Crippen molar-refractivity contribution >= 4 is 6.09 Å². The van der Waals surface area contributed by atoms with Crippen molar-refractivity contribution in [3.63, 3.8) is 0 Å². The molecule has 4 rings (SSSR count). The molecule has 26 heavy (non-hydrogen) atoms. The fourth-order valence-electron chi connectivity index (χ4n) is 3.85. The average Bonchev–Trinajstić information content (AvgIpc) is 3.12. The molecule has 1 fully saturated rings. The predicted octanol–water partition coefficient (Wildman–Crippen LogP) is 3.07. The first-order valence-electron chi connectivity index (χ1n) is 9.30. The molecule has 3 heterocycles. The standard InChI is InChI=1S/C20H25N3O3/c1-22-11-16(10-21-22)19-13-23(12-15-6-2-3-8-18(15)19)20(24)26-14-17-7-4-5-9-25-17/h2-3,6,8,10-11,17,19H,4-5,7,9,12-14H2,1H3. The van der Waals surface area contributed by atoms with Crippen molar-refractivity contribution in [1.29, 1.82) is 0 Å². The normalized spacial score (nSPS) is 22.7. The molecule has 2 aromatic rings. The molecule has 0 radical (unpaired) electrons. The van der Waals surface area contributed by atoms with Crippen molar-refractivity contribution in [2.24, 2.45) is 7.05 Å². The summed E-state index contributed by atoms with van der Waals surface area (Å²) < 4.78 is 13.0. The summed E-state index contributed by atoms with van der Waals surface area (Å²) in [5.41, 5.74) is 3.55. The Morgan fingerprint density at radius 2 is 2.23 bits per heavy atom. The van der Waals surface area contributed by atoms with Gasteiger partial charge in [-0.25, -0.2) is 4.79 Å². The third-order valence-electron chi connectivity index (χ3n) is 5.25. The molecule has 0 N–H and O–H groups in total. The molecular weight excluding hydrogens is 330 g/mol. The van der Waals surface area contributed by atoms with Crippen molar-refractivity contribution in [3.05, 3.63) is 53.3 Å². The van der Waals surface area contributed by atoms with Gasteiger partial charge in [0.1, 0.15) is 6.61 Å². The number of carbonyl (C=O) groups is 1. The number of aromatic nitrogens is 2. The lowest BCUT2D eigenvalue weighted by molar-refractivity contribution is -0.0287. The largest absolute Gasteiger partial charge is 0.447 e. The SMILES string of the molecule is Cn1cc(C2CN(C(=O)OCC3CCCCO3)Cc3ccccc32)cn1. The zero-order valence-electron chi connectivity index (χ0n) is 15.1. The molecule has 1 aromatic carbocycles. The summed E-state index contributed by atoms with van der Waals surface area (Å²) in [6.45, 7) is 2.29. The van der Waals surface area contributed by atoms with E-state index in [4.69, 9.17) is 9.47 Å². The van der Waals surface area contributed by atoms with Crippen LogP contribution >= 0.6 is 0 Å². The molecule has 0 bridgehead atoms. The molecule has 0 aliphatic carbocycles. The number of ether oxygens (including phenoxy) is 2. The van der Waals surface area contributed by atoms with Crippen molar-refractivity contribution in [3.8, 4) is 0 Å². The molecule has 2 unspecified atom stereocenters. The third-order valence-corrected chi connectivity index (χ3v) is 5.25. The van der Waals surface area contributed by atoms with Gasteiger partial charge in [-0.1, -0.05) is 24.3 Å². The monoisotopic (exact) mass is 355 g/mol. The van der Waals surface area contributed by atoms with Crippen molar-refractivity contribution < 1.29 is 14.3 Å². The first-order chi connectivity index (χ1) is 12.7. The summed E-state index contributed by atoms with van der Waals surface area (Å²) in [5, 5.41) is 4.30. The molecule has 1 saturated heterocycles. The summed E-state index contributed by atoms with van der Waals surface area (Å²) in [6.07, 6.45) is 6.89. The number of aryl methyl sites for hydroxylation is 1.